The Morgan fingerprint density at radius 1 is 1.00 bits per heavy atom. The van der Waals surface area contributed by atoms with Crippen molar-refractivity contribution in [3.8, 4) is 0 Å². The Balaban J connectivity index is 1.64. The Bertz CT molecular complexity index is 804. The Morgan fingerprint density at radius 3 is 2.45 bits per heavy atom. The summed E-state index contributed by atoms with van der Waals surface area (Å²) < 4.78 is 5.34. The number of amides is 2. The van der Waals surface area contributed by atoms with Crippen LogP contribution in [0.4, 0.5) is 10.5 Å². The lowest BCUT2D eigenvalue weighted by Crippen LogP contribution is -2.49. The quantitative estimate of drug-likeness (QED) is 0.661. The summed E-state index contributed by atoms with van der Waals surface area (Å²) in [6.45, 7) is 0.573. The third-order valence-electron chi connectivity index (χ3n) is 5.32. The number of carbonyl (C=O) groups excluding carboxylic acids is 2. The van der Waals surface area contributed by atoms with E-state index in [1.54, 1.807) is 0 Å². The van der Waals surface area contributed by atoms with Crippen molar-refractivity contribution < 1.29 is 14.3 Å². The van der Waals surface area contributed by atoms with Gasteiger partial charge in [-0.25, -0.2) is 4.79 Å². The van der Waals surface area contributed by atoms with Gasteiger partial charge >= 0.3 is 6.09 Å². The van der Waals surface area contributed by atoms with Crippen molar-refractivity contribution in [3.05, 3.63) is 65.7 Å². The first-order valence-electron chi connectivity index (χ1n) is 10.2. The van der Waals surface area contributed by atoms with E-state index in [-0.39, 0.29) is 18.4 Å². The molecule has 0 aliphatic heterocycles. The molecule has 1 fully saturated rings. The molecule has 0 bridgehead atoms. The lowest BCUT2D eigenvalue weighted by atomic mass is 9.83. The second kappa shape index (κ2) is 10.6. The van der Waals surface area contributed by atoms with Crippen LogP contribution in [0.5, 0.6) is 0 Å². The van der Waals surface area contributed by atoms with Gasteiger partial charge < -0.3 is 21.1 Å². The molecule has 3 rings (SSSR count). The molecular weight excluding hydrogens is 366 g/mol. The molecule has 2 aromatic carbocycles. The summed E-state index contributed by atoms with van der Waals surface area (Å²) in [5.74, 6) is -0.117. The number of hydrogen-bond donors (Lipinski definition) is 3. The van der Waals surface area contributed by atoms with Crippen LogP contribution in [-0.4, -0.2) is 18.0 Å². The maximum Gasteiger partial charge on any atom is 0.408 e. The van der Waals surface area contributed by atoms with Crippen LogP contribution in [-0.2, 0) is 22.7 Å². The molecular formula is C23H29N3O3. The maximum absolute atomic E-state index is 13.0. The molecule has 29 heavy (non-hydrogen) atoms. The number of rotatable bonds is 7. The summed E-state index contributed by atoms with van der Waals surface area (Å²) in [4.78, 5) is 25.4. The molecule has 2 aromatic rings. The van der Waals surface area contributed by atoms with Crippen LogP contribution >= 0.6 is 0 Å². The highest BCUT2D eigenvalue weighted by atomic mass is 16.5. The molecule has 0 heterocycles. The number of nitrogens with one attached hydrogen (secondary N) is 2. The number of carbonyl (C=O) groups is 2. The Labute approximate surface area is 171 Å². The standard InChI is InChI=1S/C23H29N3O3/c24-15-18-10-7-13-20(14-18)25-22(27)21(19-11-5-2-6-12-19)26-23(28)29-16-17-8-3-1-4-9-17/h1,3-4,7-10,13-14,19,21H,2,5-6,11-12,15-16,24H2,(H,25,27)(H,26,28)/t21-/m1/s1. The maximum atomic E-state index is 13.0. The number of nitrogens with two attached hydrogens (primary N) is 1. The molecule has 6 heteroatoms. The summed E-state index contributed by atoms with van der Waals surface area (Å²) in [5.41, 5.74) is 8.21. The van der Waals surface area contributed by atoms with E-state index in [1.807, 2.05) is 54.6 Å². The second-order valence-corrected chi connectivity index (χ2v) is 7.48. The monoisotopic (exact) mass is 395 g/mol. The fourth-order valence-corrected chi connectivity index (χ4v) is 3.75. The summed E-state index contributed by atoms with van der Waals surface area (Å²) in [6, 6.07) is 16.3. The van der Waals surface area contributed by atoms with Gasteiger partial charge in [-0.05, 0) is 42.0 Å². The molecule has 1 saturated carbocycles. The third-order valence-corrected chi connectivity index (χ3v) is 5.32. The predicted octanol–water partition coefficient (Wildman–Crippen LogP) is 3.96. The summed E-state index contributed by atoms with van der Waals surface area (Å²) >= 11 is 0. The Hall–Kier alpha value is -2.86. The van der Waals surface area contributed by atoms with Crippen molar-refractivity contribution in [2.45, 2.75) is 51.3 Å². The van der Waals surface area contributed by atoms with Crippen LogP contribution in [0.2, 0.25) is 0 Å². The van der Waals surface area contributed by atoms with Gasteiger partial charge in [0.1, 0.15) is 12.6 Å². The molecule has 0 aromatic heterocycles. The number of anilines is 1. The van der Waals surface area contributed by atoms with Gasteiger partial charge in [0.2, 0.25) is 5.91 Å². The summed E-state index contributed by atoms with van der Waals surface area (Å²) in [5, 5.41) is 5.74. The molecule has 1 aliphatic carbocycles. The fraction of sp³-hybridized carbons (Fsp3) is 0.391. The molecule has 0 radical (unpaired) electrons. The van der Waals surface area contributed by atoms with E-state index in [0.717, 1.165) is 36.8 Å². The molecule has 1 atom stereocenters. The zero-order valence-corrected chi connectivity index (χ0v) is 16.6. The van der Waals surface area contributed by atoms with Crippen molar-refractivity contribution >= 4 is 17.7 Å². The Kier molecular flexibility index (Phi) is 7.64. The van der Waals surface area contributed by atoms with Gasteiger partial charge in [0.05, 0.1) is 0 Å². The van der Waals surface area contributed by atoms with E-state index in [9.17, 15) is 9.59 Å². The third kappa shape index (κ3) is 6.32. The van der Waals surface area contributed by atoms with Gasteiger partial charge in [0.25, 0.3) is 0 Å². The van der Waals surface area contributed by atoms with Gasteiger partial charge in [0, 0.05) is 12.2 Å². The van der Waals surface area contributed by atoms with Gasteiger partial charge in [0.15, 0.2) is 0 Å². The second-order valence-electron chi connectivity index (χ2n) is 7.48. The van der Waals surface area contributed by atoms with Crippen LogP contribution in [0, 0.1) is 5.92 Å². The molecule has 6 nitrogen and oxygen atoms in total. The number of alkyl carbamates (subject to hydrolysis) is 1. The minimum atomic E-state index is -0.625. The predicted molar refractivity (Wildman–Crippen MR) is 113 cm³/mol. The molecule has 2 amide bonds. The van der Waals surface area contributed by atoms with Crippen LogP contribution < -0.4 is 16.4 Å². The van der Waals surface area contributed by atoms with Crippen molar-refractivity contribution in [3.63, 3.8) is 0 Å². The highest BCUT2D eigenvalue weighted by molar-refractivity contribution is 5.96. The first-order chi connectivity index (χ1) is 14.2. The smallest absolute Gasteiger partial charge is 0.408 e. The van der Waals surface area contributed by atoms with Crippen molar-refractivity contribution in [1.82, 2.24) is 5.32 Å². The van der Waals surface area contributed by atoms with Crippen LogP contribution in [0.1, 0.15) is 43.2 Å². The molecule has 0 spiro atoms. The van der Waals surface area contributed by atoms with Crippen LogP contribution in [0.25, 0.3) is 0 Å². The van der Waals surface area contributed by atoms with Crippen molar-refractivity contribution in [1.29, 1.82) is 0 Å². The van der Waals surface area contributed by atoms with Gasteiger partial charge in [-0.3, -0.25) is 4.79 Å². The molecule has 154 valence electrons. The van der Waals surface area contributed by atoms with Crippen molar-refractivity contribution in [2.75, 3.05) is 5.32 Å². The van der Waals surface area contributed by atoms with Crippen LogP contribution in [0.15, 0.2) is 54.6 Å². The highest BCUT2D eigenvalue weighted by Crippen LogP contribution is 2.27. The number of hydrogen-bond acceptors (Lipinski definition) is 4. The van der Waals surface area contributed by atoms with E-state index in [4.69, 9.17) is 10.5 Å². The van der Waals surface area contributed by atoms with E-state index in [1.165, 1.54) is 6.42 Å². The minimum Gasteiger partial charge on any atom is -0.445 e. The molecule has 4 N–H and O–H groups in total. The fourth-order valence-electron chi connectivity index (χ4n) is 3.75. The molecule has 0 unspecified atom stereocenters. The summed E-state index contributed by atoms with van der Waals surface area (Å²) in [7, 11) is 0. The van der Waals surface area contributed by atoms with Crippen molar-refractivity contribution in [2.24, 2.45) is 11.7 Å². The summed E-state index contributed by atoms with van der Waals surface area (Å²) in [6.07, 6.45) is 4.56. The zero-order valence-electron chi connectivity index (χ0n) is 16.6. The largest absolute Gasteiger partial charge is 0.445 e. The highest BCUT2D eigenvalue weighted by Gasteiger charge is 2.31. The zero-order chi connectivity index (χ0) is 20.5. The van der Waals surface area contributed by atoms with E-state index < -0.39 is 12.1 Å². The normalized spacial score (nSPS) is 15.3. The first-order valence-corrected chi connectivity index (χ1v) is 10.2. The van der Waals surface area contributed by atoms with E-state index in [0.29, 0.717) is 12.2 Å². The molecule has 0 saturated heterocycles. The Morgan fingerprint density at radius 2 is 1.72 bits per heavy atom. The van der Waals surface area contributed by atoms with E-state index >= 15 is 0 Å². The molecule has 1 aliphatic rings. The van der Waals surface area contributed by atoms with Crippen LogP contribution in [0.3, 0.4) is 0 Å². The number of benzene rings is 2. The average Bonchev–Trinajstić information content (AvgIpc) is 2.77. The van der Waals surface area contributed by atoms with Gasteiger partial charge in [-0.2, -0.15) is 0 Å². The van der Waals surface area contributed by atoms with E-state index in [2.05, 4.69) is 10.6 Å². The van der Waals surface area contributed by atoms with Gasteiger partial charge in [-0.15, -0.1) is 0 Å². The minimum absolute atomic E-state index is 0.103. The SMILES string of the molecule is NCc1cccc(NC(=O)[C@H](NC(=O)OCc2ccccc2)C2CCCCC2)c1. The first kappa shape index (κ1) is 20.9. The average molecular weight is 396 g/mol. The lowest BCUT2D eigenvalue weighted by molar-refractivity contribution is -0.119. The topological polar surface area (TPSA) is 93.5 Å². The lowest BCUT2D eigenvalue weighted by Gasteiger charge is -2.29. The van der Waals surface area contributed by atoms with Gasteiger partial charge in [-0.1, -0.05) is 61.7 Å². The number of ether oxygens (including phenoxy) is 1.